The molecule has 35 heavy (non-hydrogen) atoms. The summed E-state index contributed by atoms with van der Waals surface area (Å²) in [5, 5.41) is 1.08. The maximum absolute atomic E-state index is 6.28. The highest BCUT2D eigenvalue weighted by atomic mass is 16.6. The Kier molecular flexibility index (Phi) is 5.12. The van der Waals surface area contributed by atoms with Crippen LogP contribution in [-0.2, 0) is 4.74 Å². The van der Waals surface area contributed by atoms with Crippen LogP contribution < -0.4 is 4.74 Å². The average Bonchev–Trinajstić information content (AvgIpc) is 3.72. The fourth-order valence-electron chi connectivity index (χ4n) is 6.42. The molecule has 0 amide bonds. The van der Waals surface area contributed by atoms with Crippen molar-refractivity contribution in [2.75, 3.05) is 6.61 Å². The SMILES string of the molecule is c1cc(OCC23CCC(CC2)O3)cc(-c2cn(C3CCC(c4cnco4)CC3)c3ncncc23)c1. The first-order chi connectivity index (χ1) is 17.3. The van der Waals surface area contributed by atoms with Crippen molar-refractivity contribution in [3.63, 3.8) is 0 Å². The molecule has 4 aromatic rings. The quantitative estimate of drug-likeness (QED) is 0.340. The van der Waals surface area contributed by atoms with Gasteiger partial charge < -0.3 is 18.5 Å². The van der Waals surface area contributed by atoms with E-state index in [1.807, 2.05) is 18.5 Å². The van der Waals surface area contributed by atoms with Gasteiger partial charge in [0, 0.05) is 35.3 Å². The van der Waals surface area contributed by atoms with E-state index in [2.05, 4.69) is 43.9 Å². The van der Waals surface area contributed by atoms with Crippen molar-refractivity contribution in [3.8, 4) is 16.9 Å². The highest BCUT2D eigenvalue weighted by Crippen LogP contribution is 2.44. The number of aromatic nitrogens is 4. The number of fused-ring (bicyclic) bond motifs is 3. The standard InChI is InChI=1S/C28H30N4O3/c1-2-20(12-23(3-1)33-16-28-10-8-22(35-28)9-11-28)25-15-32(27-24(25)13-29-17-31-27)21-6-4-19(5-7-21)26-14-30-18-34-26/h1-3,12-15,17-19,21-22H,4-11,16H2. The van der Waals surface area contributed by atoms with Crippen LogP contribution in [0.25, 0.3) is 22.2 Å². The predicted octanol–water partition coefficient (Wildman–Crippen LogP) is 6.08. The Morgan fingerprint density at radius 1 is 1.03 bits per heavy atom. The molecular formula is C28H30N4O3. The van der Waals surface area contributed by atoms with Crippen molar-refractivity contribution < 1.29 is 13.9 Å². The molecule has 2 bridgehead atoms. The Balaban J connectivity index is 1.14. The van der Waals surface area contributed by atoms with Crippen molar-refractivity contribution in [2.24, 2.45) is 0 Å². The second-order valence-electron chi connectivity index (χ2n) is 10.4. The molecule has 3 aliphatic rings. The number of rotatable bonds is 6. The number of benzene rings is 1. The molecule has 0 N–H and O–H groups in total. The van der Waals surface area contributed by atoms with Crippen LogP contribution in [0.15, 0.2) is 60.0 Å². The Morgan fingerprint density at radius 3 is 2.69 bits per heavy atom. The summed E-state index contributed by atoms with van der Waals surface area (Å²) in [5.41, 5.74) is 3.21. The third kappa shape index (κ3) is 3.82. The first-order valence-corrected chi connectivity index (χ1v) is 12.9. The normalized spacial score (nSPS) is 28.1. The molecule has 2 aliphatic heterocycles. The monoisotopic (exact) mass is 470 g/mol. The highest BCUT2D eigenvalue weighted by Gasteiger charge is 2.46. The first-order valence-electron chi connectivity index (χ1n) is 12.9. The third-order valence-electron chi connectivity index (χ3n) is 8.35. The zero-order valence-corrected chi connectivity index (χ0v) is 19.8. The molecule has 3 aromatic heterocycles. The lowest BCUT2D eigenvalue weighted by Crippen LogP contribution is -2.32. The van der Waals surface area contributed by atoms with E-state index in [0.29, 0.717) is 24.7 Å². The number of hydrogen-bond donors (Lipinski definition) is 0. The molecule has 1 aliphatic carbocycles. The van der Waals surface area contributed by atoms with Gasteiger partial charge in [-0.15, -0.1) is 0 Å². The topological polar surface area (TPSA) is 75.2 Å². The van der Waals surface area contributed by atoms with Gasteiger partial charge >= 0.3 is 0 Å². The van der Waals surface area contributed by atoms with E-state index in [9.17, 15) is 0 Å². The van der Waals surface area contributed by atoms with Crippen LogP contribution in [0.5, 0.6) is 5.75 Å². The average molecular weight is 471 g/mol. The van der Waals surface area contributed by atoms with Gasteiger partial charge in [0.2, 0.25) is 0 Å². The summed E-state index contributed by atoms with van der Waals surface area (Å²) >= 11 is 0. The lowest BCUT2D eigenvalue weighted by molar-refractivity contribution is -0.0198. The number of ether oxygens (including phenoxy) is 2. The van der Waals surface area contributed by atoms with E-state index >= 15 is 0 Å². The van der Waals surface area contributed by atoms with E-state index in [4.69, 9.17) is 13.9 Å². The summed E-state index contributed by atoms with van der Waals surface area (Å²) in [5.74, 6) is 2.36. The molecule has 7 heteroatoms. The number of oxazole rings is 1. The van der Waals surface area contributed by atoms with E-state index in [-0.39, 0.29) is 5.60 Å². The molecule has 0 atom stereocenters. The van der Waals surface area contributed by atoms with Gasteiger partial charge in [0.15, 0.2) is 6.39 Å². The van der Waals surface area contributed by atoms with Crippen LogP contribution >= 0.6 is 0 Å². The van der Waals surface area contributed by atoms with Crippen LogP contribution in [-0.4, -0.2) is 37.8 Å². The molecule has 7 rings (SSSR count). The lowest BCUT2D eigenvalue weighted by atomic mass is 9.84. The molecular weight excluding hydrogens is 440 g/mol. The van der Waals surface area contributed by atoms with E-state index in [1.54, 1.807) is 6.33 Å². The molecule has 7 nitrogen and oxygen atoms in total. The van der Waals surface area contributed by atoms with Crippen molar-refractivity contribution >= 4 is 11.0 Å². The fraction of sp³-hybridized carbons (Fsp3) is 0.464. The number of hydrogen-bond acceptors (Lipinski definition) is 6. The molecule has 0 unspecified atom stereocenters. The summed E-state index contributed by atoms with van der Waals surface area (Å²) < 4.78 is 20.4. The van der Waals surface area contributed by atoms with Crippen LogP contribution in [0.4, 0.5) is 0 Å². The Bertz CT molecular complexity index is 1320. The number of nitrogens with zero attached hydrogens (tertiary/aromatic N) is 4. The molecule has 5 heterocycles. The fourth-order valence-corrected chi connectivity index (χ4v) is 6.42. The second-order valence-corrected chi connectivity index (χ2v) is 10.4. The maximum atomic E-state index is 6.28. The highest BCUT2D eigenvalue weighted by molar-refractivity contribution is 5.93. The summed E-state index contributed by atoms with van der Waals surface area (Å²) in [4.78, 5) is 13.1. The lowest BCUT2D eigenvalue weighted by Gasteiger charge is -2.28. The third-order valence-corrected chi connectivity index (χ3v) is 8.35. The van der Waals surface area contributed by atoms with Gasteiger partial charge in [-0.05, 0) is 69.1 Å². The van der Waals surface area contributed by atoms with Gasteiger partial charge in [-0.2, -0.15) is 0 Å². The second kappa shape index (κ2) is 8.48. The summed E-state index contributed by atoms with van der Waals surface area (Å²) in [6.07, 6.45) is 18.6. The van der Waals surface area contributed by atoms with Crippen molar-refractivity contribution in [1.82, 2.24) is 19.5 Å². The summed E-state index contributed by atoms with van der Waals surface area (Å²) in [7, 11) is 0. The Morgan fingerprint density at radius 2 is 1.91 bits per heavy atom. The summed E-state index contributed by atoms with van der Waals surface area (Å²) in [6, 6.07) is 8.82. The van der Waals surface area contributed by atoms with Gasteiger partial charge in [0.25, 0.3) is 0 Å². The van der Waals surface area contributed by atoms with Crippen molar-refractivity contribution in [1.29, 1.82) is 0 Å². The minimum atomic E-state index is -0.0743. The largest absolute Gasteiger partial charge is 0.491 e. The molecule has 3 fully saturated rings. The van der Waals surface area contributed by atoms with E-state index < -0.39 is 0 Å². The maximum Gasteiger partial charge on any atom is 0.180 e. The first kappa shape index (κ1) is 21.1. The van der Waals surface area contributed by atoms with Crippen LogP contribution in [0.2, 0.25) is 0 Å². The van der Waals surface area contributed by atoms with Crippen LogP contribution in [0.1, 0.15) is 69.1 Å². The zero-order valence-electron chi connectivity index (χ0n) is 19.8. The van der Waals surface area contributed by atoms with Crippen molar-refractivity contribution in [2.45, 2.75) is 75.0 Å². The predicted molar refractivity (Wildman–Crippen MR) is 131 cm³/mol. The molecule has 0 radical (unpaired) electrons. The molecule has 1 aromatic carbocycles. The summed E-state index contributed by atoms with van der Waals surface area (Å²) in [6.45, 7) is 0.631. The van der Waals surface area contributed by atoms with Gasteiger partial charge in [0.1, 0.15) is 35.7 Å². The van der Waals surface area contributed by atoms with E-state index in [0.717, 1.165) is 72.2 Å². The molecule has 2 saturated heterocycles. The molecule has 0 spiro atoms. The van der Waals surface area contributed by atoms with Gasteiger partial charge in [-0.3, -0.25) is 0 Å². The van der Waals surface area contributed by atoms with Crippen LogP contribution in [0, 0.1) is 0 Å². The van der Waals surface area contributed by atoms with Crippen molar-refractivity contribution in [3.05, 3.63) is 61.3 Å². The Labute approximate surface area is 204 Å². The Hall–Kier alpha value is -3.19. The minimum absolute atomic E-state index is 0.0743. The van der Waals surface area contributed by atoms with Gasteiger partial charge in [0.05, 0.1) is 12.3 Å². The van der Waals surface area contributed by atoms with Gasteiger partial charge in [-0.1, -0.05) is 12.1 Å². The van der Waals surface area contributed by atoms with E-state index in [1.165, 1.54) is 19.2 Å². The molecule has 1 saturated carbocycles. The van der Waals surface area contributed by atoms with Gasteiger partial charge in [-0.25, -0.2) is 15.0 Å². The zero-order chi connectivity index (χ0) is 23.2. The van der Waals surface area contributed by atoms with Crippen LogP contribution in [0.3, 0.4) is 0 Å². The minimum Gasteiger partial charge on any atom is -0.491 e. The molecule has 180 valence electrons. The smallest absolute Gasteiger partial charge is 0.180 e.